The molecule has 0 aliphatic rings. The first-order chi connectivity index (χ1) is 14.5. The van der Waals surface area contributed by atoms with Gasteiger partial charge in [0.15, 0.2) is 0 Å². The molecule has 0 fully saturated rings. The Kier molecular flexibility index (Phi) is 4.27. The molecular formula is C23H16N2O4S. The summed E-state index contributed by atoms with van der Waals surface area (Å²) in [6, 6.07) is 25.7. The number of hydrogen-bond acceptors (Lipinski definition) is 4. The van der Waals surface area contributed by atoms with Crippen molar-refractivity contribution in [3.05, 3.63) is 84.9 Å². The number of rotatable bonds is 4. The van der Waals surface area contributed by atoms with E-state index < -0.39 is 10.1 Å². The third-order valence-corrected chi connectivity index (χ3v) is 5.69. The van der Waals surface area contributed by atoms with Crippen LogP contribution in [0.1, 0.15) is 0 Å². The Morgan fingerprint density at radius 3 is 2.30 bits per heavy atom. The van der Waals surface area contributed by atoms with Crippen molar-refractivity contribution in [2.45, 2.75) is 4.90 Å². The molecule has 0 unspecified atom stereocenters. The van der Waals surface area contributed by atoms with Crippen molar-refractivity contribution in [1.29, 1.82) is 0 Å². The molecular weight excluding hydrogens is 400 g/mol. The fraction of sp³-hybridized carbons (Fsp3) is 0. The highest BCUT2D eigenvalue weighted by molar-refractivity contribution is 7.85. The first-order valence-electron chi connectivity index (χ1n) is 9.20. The molecule has 5 aromatic rings. The van der Waals surface area contributed by atoms with Crippen LogP contribution >= 0.6 is 0 Å². The summed E-state index contributed by atoms with van der Waals surface area (Å²) in [7, 11) is -4.26. The van der Waals surface area contributed by atoms with Crippen LogP contribution in [0.25, 0.3) is 33.2 Å². The van der Waals surface area contributed by atoms with Gasteiger partial charge in [0, 0.05) is 5.56 Å². The van der Waals surface area contributed by atoms with Gasteiger partial charge in [0.25, 0.3) is 10.1 Å². The van der Waals surface area contributed by atoms with Crippen LogP contribution in [0.15, 0.2) is 89.8 Å². The lowest BCUT2D eigenvalue weighted by atomic mass is 10.1. The summed E-state index contributed by atoms with van der Waals surface area (Å²) in [5, 5.41) is 2.26. The van der Waals surface area contributed by atoms with Crippen LogP contribution in [0, 0.1) is 0 Å². The smallest absolute Gasteiger partial charge is 0.294 e. The van der Waals surface area contributed by atoms with E-state index in [1.165, 1.54) is 12.1 Å². The molecule has 4 aromatic carbocycles. The maximum atomic E-state index is 11.3. The third-order valence-electron chi connectivity index (χ3n) is 4.84. The number of benzene rings is 4. The zero-order valence-corrected chi connectivity index (χ0v) is 16.4. The van der Waals surface area contributed by atoms with Gasteiger partial charge < -0.3 is 9.72 Å². The van der Waals surface area contributed by atoms with E-state index in [-0.39, 0.29) is 4.90 Å². The molecule has 0 radical (unpaired) electrons. The van der Waals surface area contributed by atoms with Gasteiger partial charge in [0.05, 0.1) is 15.9 Å². The van der Waals surface area contributed by atoms with Crippen LogP contribution < -0.4 is 4.74 Å². The van der Waals surface area contributed by atoms with Crippen LogP contribution in [0.2, 0.25) is 0 Å². The largest absolute Gasteiger partial charge is 0.457 e. The molecule has 30 heavy (non-hydrogen) atoms. The van der Waals surface area contributed by atoms with Crippen molar-refractivity contribution < 1.29 is 17.7 Å². The van der Waals surface area contributed by atoms with Gasteiger partial charge in [-0.15, -0.1) is 0 Å². The van der Waals surface area contributed by atoms with Crippen molar-refractivity contribution in [2.24, 2.45) is 0 Å². The standard InChI is InChI=1S/C23H16N2O4S/c26-30(27,28)20-11-12-21-22(14-20)25-23(24-21)16-6-8-18(9-7-16)29-19-10-5-15-3-1-2-4-17(15)13-19/h1-14H,(H,24,25)(H,26,27,28). The van der Waals surface area contributed by atoms with Gasteiger partial charge in [-0.05, 0) is 65.4 Å². The van der Waals surface area contributed by atoms with Crippen LogP contribution in [-0.2, 0) is 10.1 Å². The second-order valence-electron chi connectivity index (χ2n) is 6.87. The Labute approximate surface area is 172 Å². The third kappa shape index (κ3) is 3.52. The Morgan fingerprint density at radius 2 is 1.53 bits per heavy atom. The molecule has 0 bridgehead atoms. The quantitative estimate of drug-likeness (QED) is 0.382. The number of aromatic nitrogens is 2. The van der Waals surface area contributed by atoms with E-state index in [2.05, 4.69) is 16.0 Å². The summed E-state index contributed by atoms with van der Waals surface area (Å²) in [4.78, 5) is 7.39. The number of hydrogen-bond donors (Lipinski definition) is 2. The maximum absolute atomic E-state index is 11.3. The van der Waals surface area contributed by atoms with E-state index in [1.807, 2.05) is 60.7 Å². The summed E-state index contributed by atoms with van der Waals surface area (Å²) in [5.74, 6) is 2.04. The van der Waals surface area contributed by atoms with Gasteiger partial charge in [0.1, 0.15) is 17.3 Å². The van der Waals surface area contributed by atoms with Gasteiger partial charge in [-0.1, -0.05) is 30.3 Å². The minimum absolute atomic E-state index is 0.177. The van der Waals surface area contributed by atoms with Crippen LogP contribution in [0.3, 0.4) is 0 Å². The molecule has 5 rings (SSSR count). The average molecular weight is 416 g/mol. The summed E-state index contributed by atoms with van der Waals surface area (Å²) in [6.07, 6.45) is 0. The Morgan fingerprint density at radius 1 is 0.800 bits per heavy atom. The monoisotopic (exact) mass is 416 g/mol. The van der Waals surface area contributed by atoms with Crippen molar-refractivity contribution >= 4 is 31.9 Å². The minimum atomic E-state index is -4.26. The lowest BCUT2D eigenvalue weighted by molar-refractivity contribution is 0.482. The molecule has 0 atom stereocenters. The lowest BCUT2D eigenvalue weighted by Crippen LogP contribution is -1.97. The van der Waals surface area contributed by atoms with Gasteiger partial charge in [-0.25, -0.2) is 4.98 Å². The first kappa shape index (κ1) is 18.4. The Hall–Kier alpha value is -3.68. The maximum Gasteiger partial charge on any atom is 0.294 e. The molecule has 6 nitrogen and oxygen atoms in total. The average Bonchev–Trinajstić information content (AvgIpc) is 3.17. The molecule has 0 aliphatic heterocycles. The molecule has 7 heteroatoms. The summed E-state index contributed by atoms with van der Waals surface area (Å²) >= 11 is 0. The number of nitrogens with zero attached hydrogens (tertiary/aromatic N) is 1. The Balaban J connectivity index is 1.41. The number of nitrogens with one attached hydrogen (secondary N) is 1. The van der Waals surface area contributed by atoms with Gasteiger partial charge in [-0.3, -0.25) is 4.55 Å². The highest BCUT2D eigenvalue weighted by Crippen LogP contribution is 2.28. The summed E-state index contributed by atoms with van der Waals surface area (Å²) in [6.45, 7) is 0. The first-order valence-corrected chi connectivity index (χ1v) is 10.6. The molecule has 1 heterocycles. The summed E-state index contributed by atoms with van der Waals surface area (Å²) < 4.78 is 37.8. The molecule has 0 saturated heterocycles. The number of ether oxygens (including phenoxy) is 1. The van der Waals surface area contributed by atoms with E-state index in [0.29, 0.717) is 22.6 Å². The zero-order valence-electron chi connectivity index (χ0n) is 15.6. The predicted molar refractivity (Wildman–Crippen MR) is 115 cm³/mol. The molecule has 1 aromatic heterocycles. The lowest BCUT2D eigenvalue weighted by Gasteiger charge is -2.07. The fourth-order valence-electron chi connectivity index (χ4n) is 3.33. The number of fused-ring (bicyclic) bond motifs is 2. The second-order valence-corrected chi connectivity index (χ2v) is 8.30. The van der Waals surface area contributed by atoms with Crippen molar-refractivity contribution in [3.8, 4) is 22.9 Å². The fourth-order valence-corrected chi connectivity index (χ4v) is 3.84. The molecule has 2 N–H and O–H groups in total. The zero-order chi connectivity index (χ0) is 20.7. The highest BCUT2D eigenvalue weighted by Gasteiger charge is 2.12. The second kappa shape index (κ2) is 6.98. The number of imidazole rings is 1. The molecule has 0 amide bonds. The summed E-state index contributed by atoms with van der Waals surface area (Å²) in [5.41, 5.74) is 1.95. The topological polar surface area (TPSA) is 92.3 Å². The van der Waals surface area contributed by atoms with E-state index in [4.69, 9.17) is 4.74 Å². The number of H-pyrrole nitrogens is 1. The molecule has 148 valence electrons. The van der Waals surface area contributed by atoms with Crippen LogP contribution in [-0.4, -0.2) is 22.9 Å². The molecule has 0 spiro atoms. The van der Waals surface area contributed by atoms with Crippen molar-refractivity contribution in [3.63, 3.8) is 0 Å². The van der Waals surface area contributed by atoms with Gasteiger partial charge in [0.2, 0.25) is 0 Å². The minimum Gasteiger partial charge on any atom is -0.457 e. The van der Waals surface area contributed by atoms with Crippen LogP contribution in [0.4, 0.5) is 0 Å². The number of aromatic amines is 1. The highest BCUT2D eigenvalue weighted by atomic mass is 32.2. The van der Waals surface area contributed by atoms with E-state index in [1.54, 1.807) is 6.07 Å². The van der Waals surface area contributed by atoms with E-state index in [9.17, 15) is 13.0 Å². The van der Waals surface area contributed by atoms with E-state index >= 15 is 0 Å². The molecule has 0 aliphatic carbocycles. The predicted octanol–water partition coefficient (Wildman–Crippen LogP) is 5.42. The van der Waals surface area contributed by atoms with Crippen LogP contribution in [0.5, 0.6) is 11.5 Å². The van der Waals surface area contributed by atoms with Gasteiger partial charge in [-0.2, -0.15) is 8.42 Å². The normalized spacial score (nSPS) is 11.8. The SMILES string of the molecule is O=S(=O)(O)c1ccc2nc(-c3ccc(Oc4ccc5ccccc5c4)cc3)[nH]c2c1. The van der Waals surface area contributed by atoms with Crippen molar-refractivity contribution in [1.82, 2.24) is 9.97 Å². The van der Waals surface area contributed by atoms with Gasteiger partial charge >= 0.3 is 0 Å². The Bertz CT molecular complexity index is 1490. The van der Waals surface area contributed by atoms with Crippen molar-refractivity contribution in [2.75, 3.05) is 0 Å². The van der Waals surface area contributed by atoms with E-state index in [0.717, 1.165) is 22.1 Å². The molecule has 0 saturated carbocycles.